The van der Waals surface area contributed by atoms with Gasteiger partial charge in [0.1, 0.15) is 5.75 Å². The summed E-state index contributed by atoms with van der Waals surface area (Å²) in [6.45, 7) is 4.05. The van der Waals surface area contributed by atoms with Crippen LogP contribution in [-0.2, 0) is 6.54 Å². The summed E-state index contributed by atoms with van der Waals surface area (Å²) in [5, 5.41) is 19.9. The van der Waals surface area contributed by atoms with Gasteiger partial charge in [-0.05, 0) is 18.2 Å². The van der Waals surface area contributed by atoms with Crippen LogP contribution >= 0.6 is 0 Å². The average molecular weight is 388 g/mol. The number of Topliss-reactive ketones (excluding diaryl/α,β-unsaturated/α-hetero) is 1. The molecule has 3 aromatic rings. The number of nitrogens with zero attached hydrogens (tertiary/aromatic N) is 4. The Morgan fingerprint density at radius 1 is 1.03 bits per heavy atom. The topological polar surface area (TPSA) is 72.5 Å². The predicted octanol–water partition coefficient (Wildman–Crippen LogP) is 3.27. The maximum absolute atomic E-state index is 13.0. The molecular weight excluding hydrogens is 364 g/mol. The van der Waals surface area contributed by atoms with Crippen molar-refractivity contribution < 1.29 is 9.90 Å². The Balaban J connectivity index is 1.44. The van der Waals surface area contributed by atoms with Gasteiger partial charge in [0, 0.05) is 55.4 Å². The van der Waals surface area contributed by atoms with Crippen LogP contribution in [0.25, 0.3) is 10.9 Å². The first-order chi connectivity index (χ1) is 14.2. The number of anilines is 1. The minimum atomic E-state index is 0.105. The third-order valence-electron chi connectivity index (χ3n) is 5.52. The summed E-state index contributed by atoms with van der Waals surface area (Å²) in [6, 6.07) is 17.4. The highest BCUT2D eigenvalue weighted by Crippen LogP contribution is 2.27. The van der Waals surface area contributed by atoms with Crippen molar-refractivity contribution in [3.63, 3.8) is 0 Å². The van der Waals surface area contributed by atoms with Crippen molar-refractivity contribution in [2.75, 3.05) is 37.6 Å². The molecule has 148 valence electrons. The quantitative estimate of drug-likeness (QED) is 0.656. The molecule has 0 atom stereocenters. The second kappa shape index (κ2) is 8.38. The lowest BCUT2D eigenvalue weighted by Gasteiger charge is -2.35. The lowest BCUT2D eigenvalue weighted by Crippen LogP contribution is -2.48. The Bertz CT molecular complexity index is 1060. The zero-order valence-electron chi connectivity index (χ0n) is 16.3. The third kappa shape index (κ3) is 3.96. The van der Waals surface area contributed by atoms with Crippen molar-refractivity contribution in [3.8, 4) is 11.8 Å². The SMILES string of the molecule is N#CCCn1cc(C(=O)CN2CCN(c3ccccc3O)CC2)c2ccccc21. The van der Waals surface area contributed by atoms with E-state index >= 15 is 0 Å². The van der Waals surface area contributed by atoms with Gasteiger partial charge in [0.15, 0.2) is 5.78 Å². The first kappa shape index (κ1) is 19.0. The molecule has 4 rings (SSSR count). The molecule has 2 aromatic carbocycles. The van der Waals surface area contributed by atoms with Crippen LogP contribution in [-0.4, -0.2) is 53.1 Å². The van der Waals surface area contributed by atoms with E-state index in [1.54, 1.807) is 6.07 Å². The van der Waals surface area contributed by atoms with Gasteiger partial charge in [-0.15, -0.1) is 0 Å². The van der Waals surface area contributed by atoms with E-state index in [1.807, 2.05) is 53.2 Å². The Kier molecular flexibility index (Phi) is 5.50. The number of carbonyl (C=O) groups excluding carboxylic acids is 1. The molecule has 29 heavy (non-hydrogen) atoms. The first-order valence-electron chi connectivity index (χ1n) is 9.90. The standard InChI is InChI=1S/C23H24N4O2/c24-10-5-11-27-16-19(18-6-1-2-7-20(18)27)23(29)17-25-12-14-26(15-13-25)21-8-3-4-9-22(21)28/h1-4,6-9,16,28H,5,11-15,17H2. The minimum absolute atomic E-state index is 0.105. The number of phenolic OH excluding ortho intramolecular Hbond substituents is 1. The fourth-order valence-corrected chi connectivity index (χ4v) is 3.99. The lowest BCUT2D eigenvalue weighted by atomic mass is 10.1. The Labute approximate surface area is 170 Å². The summed E-state index contributed by atoms with van der Waals surface area (Å²) in [4.78, 5) is 17.4. The Morgan fingerprint density at radius 3 is 2.52 bits per heavy atom. The van der Waals surface area contributed by atoms with Gasteiger partial charge in [-0.1, -0.05) is 30.3 Å². The fourth-order valence-electron chi connectivity index (χ4n) is 3.99. The molecule has 2 heterocycles. The Morgan fingerprint density at radius 2 is 1.76 bits per heavy atom. The molecule has 0 radical (unpaired) electrons. The number of hydrogen-bond acceptors (Lipinski definition) is 5. The van der Waals surface area contributed by atoms with Gasteiger partial charge in [0.2, 0.25) is 0 Å². The molecule has 0 aliphatic carbocycles. The van der Waals surface area contributed by atoms with E-state index in [0.29, 0.717) is 25.3 Å². The lowest BCUT2D eigenvalue weighted by molar-refractivity contribution is 0.0927. The van der Waals surface area contributed by atoms with Crippen molar-refractivity contribution in [2.45, 2.75) is 13.0 Å². The zero-order chi connectivity index (χ0) is 20.2. The van der Waals surface area contributed by atoms with Gasteiger partial charge >= 0.3 is 0 Å². The van der Waals surface area contributed by atoms with E-state index in [9.17, 15) is 9.90 Å². The molecule has 0 spiro atoms. The number of benzene rings is 2. The van der Waals surface area contributed by atoms with Crippen LogP contribution in [0, 0.1) is 11.3 Å². The summed E-state index contributed by atoms with van der Waals surface area (Å²) >= 11 is 0. The molecule has 1 saturated heterocycles. The van der Waals surface area contributed by atoms with Crippen molar-refractivity contribution >= 4 is 22.4 Å². The number of fused-ring (bicyclic) bond motifs is 1. The maximum Gasteiger partial charge on any atom is 0.178 e. The third-order valence-corrected chi connectivity index (χ3v) is 5.52. The number of ketones is 1. The highest BCUT2D eigenvalue weighted by Gasteiger charge is 2.22. The monoisotopic (exact) mass is 388 g/mol. The molecule has 6 heteroatoms. The van der Waals surface area contributed by atoms with E-state index < -0.39 is 0 Å². The highest BCUT2D eigenvalue weighted by molar-refractivity contribution is 6.09. The predicted molar refractivity (Wildman–Crippen MR) is 113 cm³/mol. The van der Waals surface area contributed by atoms with Crippen LogP contribution in [0.3, 0.4) is 0 Å². The van der Waals surface area contributed by atoms with Crippen molar-refractivity contribution in [2.24, 2.45) is 0 Å². The number of aromatic nitrogens is 1. The number of nitriles is 1. The fraction of sp³-hybridized carbons (Fsp3) is 0.304. The summed E-state index contributed by atoms with van der Waals surface area (Å²) in [7, 11) is 0. The number of aryl methyl sites for hydroxylation is 1. The number of phenols is 1. The summed E-state index contributed by atoms with van der Waals surface area (Å²) in [5.41, 5.74) is 2.57. The number of aromatic hydroxyl groups is 1. The molecule has 1 N–H and O–H groups in total. The van der Waals surface area contributed by atoms with Crippen LogP contribution in [0.4, 0.5) is 5.69 Å². The van der Waals surface area contributed by atoms with Crippen molar-refractivity contribution in [1.29, 1.82) is 5.26 Å². The van der Waals surface area contributed by atoms with E-state index in [-0.39, 0.29) is 5.78 Å². The van der Waals surface area contributed by atoms with Gasteiger partial charge in [-0.3, -0.25) is 9.69 Å². The van der Waals surface area contributed by atoms with E-state index in [4.69, 9.17) is 5.26 Å². The van der Waals surface area contributed by atoms with E-state index in [2.05, 4.69) is 15.9 Å². The van der Waals surface area contributed by atoms with Crippen molar-refractivity contribution in [1.82, 2.24) is 9.47 Å². The Hall–Kier alpha value is -3.30. The smallest absolute Gasteiger partial charge is 0.178 e. The average Bonchev–Trinajstić information content (AvgIpc) is 3.12. The number of rotatable bonds is 6. The molecule has 1 aliphatic heterocycles. The normalized spacial score (nSPS) is 14.8. The van der Waals surface area contributed by atoms with Crippen LogP contribution in [0.2, 0.25) is 0 Å². The molecule has 1 fully saturated rings. The summed E-state index contributed by atoms with van der Waals surface area (Å²) in [6.07, 6.45) is 2.31. The van der Waals surface area contributed by atoms with Gasteiger partial charge < -0.3 is 14.6 Å². The molecule has 0 bridgehead atoms. The first-order valence-corrected chi connectivity index (χ1v) is 9.90. The van der Waals surface area contributed by atoms with Gasteiger partial charge in [0.25, 0.3) is 0 Å². The summed E-state index contributed by atoms with van der Waals surface area (Å²) in [5.74, 6) is 0.398. The molecule has 0 saturated carbocycles. The molecule has 0 amide bonds. The number of carbonyl (C=O) groups is 1. The largest absolute Gasteiger partial charge is 0.506 e. The number of hydrogen-bond donors (Lipinski definition) is 1. The maximum atomic E-state index is 13.0. The van der Waals surface area contributed by atoms with Crippen LogP contribution < -0.4 is 4.90 Å². The minimum Gasteiger partial charge on any atom is -0.506 e. The van der Waals surface area contributed by atoms with Gasteiger partial charge in [-0.25, -0.2) is 0 Å². The molecular formula is C23H24N4O2. The molecule has 0 unspecified atom stereocenters. The zero-order valence-corrected chi connectivity index (χ0v) is 16.3. The highest BCUT2D eigenvalue weighted by atomic mass is 16.3. The molecule has 1 aliphatic rings. The van der Waals surface area contributed by atoms with Gasteiger partial charge in [0.05, 0.1) is 24.7 Å². The van der Waals surface area contributed by atoms with E-state index in [1.165, 1.54) is 0 Å². The van der Waals surface area contributed by atoms with Gasteiger partial charge in [-0.2, -0.15) is 5.26 Å². The van der Waals surface area contributed by atoms with Crippen LogP contribution in [0.1, 0.15) is 16.8 Å². The van der Waals surface area contributed by atoms with Crippen molar-refractivity contribution in [3.05, 3.63) is 60.3 Å². The van der Waals surface area contributed by atoms with Crippen LogP contribution in [0.15, 0.2) is 54.7 Å². The summed E-state index contributed by atoms with van der Waals surface area (Å²) < 4.78 is 2.00. The van der Waals surface area contributed by atoms with Crippen LogP contribution in [0.5, 0.6) is 5.75 Å². The number of para-hydroxylation sites is 3. The van der Waals surface area contributed by atoms with E-state index in [0.717, 1.165) is 48.3 Å². The molecule has 1 aromatic heterocycles. The number of piperazine rings is 1. The second-order valence-corrected chi connectivity index (χ2v) is 7.34. The second-order valence-electron chi connectivity index (χ2n) is 7.34. The molecule has 6 nitrogen and oxygen atoms in total.